The Labute approximate surface area is 205 Å². The number of nitrogens with zero attached hydrogens (tertiary/aromatic N) is 2. The first-order chi connectivity index (χ1) is 17.1. The number of benzene rings is 3. The number of carbonyl (C=O) groups excluding carboxylic acids is 1. The van der Waals surface area contributed by atoms with Gasteiger partial charge < -0.3 is 18.9 Å². The number of ether oxygens (including phenoxy) is 4. The fourth-order valence-electron chi connectivity index (χ4n) is 3.58. The van der Waals surface area contributed by atoms with Gasteiger partial charge in [0.15, 0.2) is 11.5 Å². The first-order valence-corrected chi connectivity index (χ1v) is 11.4. The Kier molecular flexibility index (Phi) is 7.67. The van der Waals surface area contributed by atoms with Crippen molar-refractivity contribution in [2.24, 2.45) is 5.10 Å². The Balaban J connectivity index is 1.42. The molecule has 0 fully saturated rings. The predicted molar refractivity (Wildman–Crippen MR) is 137 cm³/mol. The van der Waals surface area contributed by atoms with Gasteiger partial charge in [-0.05, 0) is 74.0 Å². The maximum Gasteiger partial charge on any atom is 0.280 e. The van der Waals surface area contributed by atoms with E-state index in [4.69, 9.17) is 18.9 Å². The van der Waals surface area contributed by atoms with Crippen LogP contribution in [-0.2, 0) is 4.79 Å². The SMILES string of the molecule is CCOc1cc(/C=C2/C(=O)N(c3ccccc3)N=C2C)ccc1OCCOc1ccc(OC)cc1. The van der Waals surface area contributed by atoms with Gasteiger partial charge in [0.1, 0.15) is 24.7 Å². The highest BCUT2D eigenvalue weighted by Gasteiger charge is 2.28. The van der Waals surface area contributed by atoms with E-state index in [0.717, 1.165) is 22.7 Å². The van der Waals surface area contributed by atoms with Crippen molar-refractivity contribution >= 4 is 23.4 Å². The van der Waals surface area contributed by atoms with Crippen molar-refractivity contribution in [2.75, 3.05) is 31.9 Å². The number of hydrogen-bond donors (Lipinski definition) is 0. The lowest BCUT2D eigenvalue weighted by Crippen LogP contribution is -2.21. The van der Waals surface area contributed by atoms with Crippen LogP contribution in [0, 0.1) is 0 Å². The van der Waals surface area contributed by atoms with E-state index in [-0.39, 0.29) is 5.91 Å². The molecule has 0 aliphatic carbocycles. The van der Waals surface area contributed by atoms with Crippen LogP contribution in [0.4, 0.5) is 5.69 Å². The molecule has 35 heavy (non-hydrogen) atoms. The highest BCUT2D eigenvalue weighted by atomic mass is 16.5. The van der Waals surface area contributed by atoms with Gasteiger partial charge in [-0.1, -0.05) is 24.3 Å². The van der Waals surface area contributed by atoms with Gasteiger partial charge >= 0.3 is 0 Å². The minimum absolute atomic E-state index is 0.164. The lowest BCUT2D eigenvalue weighted by Gasteiger charge is -2.14. The van der Waals surface area contributed by atoms with E-state index in [1.54, 1.807) is 7.11 Å². The maximum absolute atomic E-state index is 13.0. The van der Waals surface area contributed by atoms with Crippen molar-refractivity contribution in [3.63, 3.8) is 0 Å². The molecule has 1 aliphatic rings. The van der Waals surface area contributed by atoms with E-state index in [0.29, 0.717) is 42.6 Å². The van der Waals surface area contributed by atoms with Crippen LogP contribution in [0.1, 0.15) is 19.4 Å². The summed E-state index contributed by atoms with van der Waals surface area (Å²) >= 11 is 0. The van der Waals surface area contributed by atoms with Crippen molar-refractivity contribution in [1.29, 1.82) is 0 Å². The number of amides is 1. The Bertz CT molecular complexity index is 1220. The van der Waals surface area contributed by atoms with Crippen LogP contribution in [0.3, 0.4) is 0 Å². The van der Waals surface area contributed by atoms with Gasteiger partial charge in [0, 0.05) is 0 Å². The average Bonchev–Trinajstić information content (AvgIpc) is 3.17. The van der Waals surface area contributed by atoms with E-state index in [1.165, 1.54) is 5.01 Å². The summed E-state index contributed by atoms with van der Waals surface area (Å²) in [5.41, 5.74) is 2.75. The Morgan fingerprint density at radius 1 is 0.857 bits per heavy atom. The smallest absolute Gasteiger partial charge is 0.280 e. The zero-order valence-corrected chi connectivity index (χ0v) is 20.1. The summed E-state index contributed by atoms with van der Waals surface area (Å²) in [7, 11) is 1.63. The minimum Gasteiger partial charge on any atom is -0.497 e. The molecule has 7 nitrogen and oxygen atoms in total. The number of hydrogen-bond acceptors (Lipinski definition) is 6. The number of hydrazone groups is 1. The molecule has 0 saturated carbocycles. The Morgan fingerprint density at radius 3 is 2.29 bits per heavy atom. The zero-order valence-electron chi connectivity index (χ0n) is 20.1. The number of para-hydroxylation sites is 1. The van der Waals surface area contributed by atoms with Gasteiger partial charge in [-0.2, -0.15) is 10.1 Å². The summed E-state index contributed by atoms with van der Waals surface area (Å²) in [6.07, 6.45) is 1.82. The average molecular weight is 473 g/mol. The summed E-state index contributed by atoms with van der Waals surface area (Å²) in [4.78, 5) is 13.0. The van der Waals surface area contributed by atoms with Gasteiger partial charge in [-0.3, -0.25) is 4.79 Å². The van der Waals surface area contributed by atoms with E-state index in [2.05, 4.69) is 5.10 Å². The van der Waals surface area contributed by atoms with Crippen LogP contribution in [0.25, 0.3) is 6.08 Å². The predicted octanol–water partition coefficient (Wildman–Crippen LogP) is 5.36. The molecule has 7 heteroatoms. The quantitative estimate of drug-likeness (QED) is 0.294. The van der Waals surface area contributed by atoms with Gasteiger partial charge in [-0.15, -0.1) is 0 Å². The Morgan fingerprint density at radius 2 is 1.57 bits per heavy atom. The van der Waals surface area contributed by atoms with Crippen LogP contribution in [0.5, 0.6) is 23.0 Å². The Hall–Kier alpha value is -4.26. The molecule has 0 unspecified atom stereocenters. The molecule has 3 aromatic rings. The highest BCUT2D eigenvalue weighted by Crippen LogP contribution is 2.31. The second-order valence-corrected chi connectivity index (χ2v) is 7.71. The molecule has 0 aromatic heterocycles. The van der Waals surface area contributed by atoms with E-state index < -0.39 is 0 Å². The topological polar surface area (TPSA) is 69.6 Å². The molecule has 0 atom stereocenters. The van der Waals surface area contributed by atoms with Crippen molar-refractivity contribution in [1.82, 2.24) is 0 Å². The van der Waals surface area contributed by atoms with Crippen molar-refractivity contribution in [3.8, 4) is 23.0 Å². The fraction of sp³-hybridized carbons (Fsp3) is 0.214. The fourth-order valence-corrected chi connectivity index (χ4v) is 3.58. The summed E-state index contributed by atoms with van der Waals surface area (Å²) < 4.78 is 22.6. The molecule has 0 spiro atoms. The number of carbonyl (C=O) groups is 1. The molecule has 4 rings (SSSR count). The molecule has 1 amide bonds. The molecule has 0 bridgehead atoms. The summed E-state index contributed by atoms with van der Waals surface area (Å²) in [6, 6.07) is 22.4. The molecular formula is C28H28N2O5. The molecule has 0 radical (unpaired) electrons. The number of rotatable bonds is 10. The lowest BCUT2D eigenvalue weighted by atomic mass is 10.1. The molecule has 0 saturated heterocycles. The van der Waals surface area contributed by atoms with Crippen LogP contribution >= 0.6 is 0 Å². The van der Waals surface area contributed by atoms with E-state index in [9.17, 15) is 4.79 Å². The first kappa shape index (κ1) is 23.9. The van der Waals surface area contributed by atoms with Gasteiger partial charge in [0.05, 0.1) is 30.7 Å². The second kappa shape index (κ2) is 11.2. The lowest BCUT2D eigenvalue weighted by molar-refractivity contribution is -0.114. The third kappa shape index (κ3) is 5.81. The van der Waals surface area contributed by atoms with Crippen molar-refractivity contribution < 1.29 is 23.7 Å². The van der Waals surface area contributed by atoms with E-state index in [1.807, 2.05) is 92.7 Å². The van der Waals surface area contributed by atoms with E-state index >= 15 is 0 Å². The third-order valence-electron chi connectivity index (χ3n) is 5.31. The number of anilines is 1. The maximum atomic E-state index is 13.0. The first-order valence-electron chi connectivity index (χ1n) is 11.4. The molecule has 0 N–H and O–H groups in total. The monoisotopic (exact) mass is 472 g/mol. The second-order valence-electron chi connectivity index (χ2n) is 7.71. The van der Waals surface area contributed by atoms with Crippen LogP contribution < -0.4 is 24.0 Å². The van der Waals surface area contributed by atoms with Crippen molar-refractivity contribution in [2.45, 2.75) is 13.8 Å². The molecular weight excluding hydrogens is 444 g/mol. The number of methoxy groups -OCH3 is 1. The van der Waals surface area contributed by atoms with Crippen LogP contribution in [-0.4, -0.2) is 38.5 Å². The zero-order chi connectivity index (χ0) is 24.6. The molecule has 1 heterocycles. The van der Waals surface area contributed by atoms with Crippen LogP contribution in [0.2, 0.25) is 0 Å². The molecule has 180 valence electrons. The van der Waals surface area contributed by atoms with Gasteiger partial charge in [0.2, 0.25) is 0 Å². The van der Waals surface area contributed by atoms with Gasteiger partial charge in [-0.25, -0.2) is 0 Å². The normalized spacial score (nSPS) is 14.1. The van der Waals surface area contributed by atoms with Gasteiger partial charge in [0.25, 0.3) is 5.91 Å². The summed E-state index contributed by atoms with van der Waals surface area (Å²) in [6.45, 7) is 4.96. The van der Waals surface area contributed by atoms with Crippen LogP contribution in [0.15, 0.2) is 83.5 Å². The minimum atomic E-state index is -0.164. The summed E-state index contributed by atoms with van der Waals surface area (Å²) in [5, 5.41) is 5.86. The standard InChI is InChI=1S/C28H28N2O5/c1-4-33-27-19-21(18-25-20(2)29-30(28(25)31)22-8-6-5-7-9-22)10-15-26(27)35-17-16-34-24-13-11-23(32-3)12-14-24/h5-15,18-19H,4,16-17H2,1-3H3/b25-18+. The molecule has 1 aliphatic heterocycles. The largest absolute Gasteiger partial charge is 0.497 e. The third-order valence-corrected chi connectivity index (χ3v) is 5.31. The highest BCUT2D eigenvalue weighted by molar-refractivity contribution is 6.32. The summed E-state index contributed by atoms with van der Waals surface area (Å²) in [5.74, 6) is 2.57. The van der Waals surface area contributed by atoms with Crippen molar-refractivity contribution in [3.05, 3.63) is 83.9 Å². The molecule has 3 aromatic carbocycles.